The predicted octanol–water partition coefficient (Wildman–Crippen LogP) is 3.16. The lowest BCUT2D eigenvalue weighted by atomic mass is 9.73. The number of Topliss-reactive ketones (excluding diaryl/α,β-unsaturated/α-hetero) is 1. The predicted molar refractivity (Wildman–Crippen MR) is 73.4 cm³/mol. The largest absolute Gasteiger partial charge is 0.316 e. The maximum Gasteiger partial charge on any atom is 0.140 e. The first kappa shape index (κ1) is 12.7. The number of carbonyl (C=O) groups is 1. The van der Waals surface area contributed by atoms with Crippen molar-refractivity contribution in [3.05, 3.63) is 0 Å². The quantitative estimate of drug-likeness (QED) is 0.811. The molecule has 2 bridgehead atoms. The second-order valence-corrected chi connectivity index (χ2v) is 7.02. The first-order valence-electron chi connectivity index (χ1n) is 7.97. The van der Waals surface area contributed by atoms with Crippen LogP contribution in [0.25, 0.3) is 0 Å². The maximum atomic E-state index is 12.7. The third-order valence-electron chi connectivity index (χ3n) is 5.90. The van der Waals surface area contributed by atoms with Gasteiger partial charge in [0, 0.05) is 18.4 Å². The zero-order valence-corrected chi connectivity index (χ0v) is 11.7. The summed E-state index contributed by atoms with van der Waals surface area (Å²) in [5.74, 6) is 3.20. The molecule has 2 aliphatic carbocycles. The molecule has 0 aromatic carbocycles. The zero-order valence-electron chi connectivity index (χ0n) is 11.7. The monoisotopic (exact) mass is 249 g/mol. The van der Waals surface area contributed by atoms with Gasteiger partial charge in [0.1, 0.15) is 5.78 Å². The smallest absolute Gasteiger partial charge is 0.140 e. The first-order valence-corrected chi connectivity index (χ1v) is 7.97. The third-order valence-corrected chi connectivity index (χ3v) is 5.90. The molecule has 0 spiro atoms. The summed E-state index contributed by atoms with van der Waals surface area (Å²) in [6.45, 7) is 4.20. The van der Waals surface area contributed by atoms with E-state index in [-0.39, 0.29) is 5.41 Å². The molecule has 102 valence electrons. The molecule has 0 radical (unpaired) electrons. The molecule has 0 aromatic rings. The van der Waals surface area contributed by atoms with Gasteiger partial charge in [0.25, 0.3) is 0 Å². The van der Waals surface area contributed by atoms with Crippen LogP contribution in [0.3, 0.4) is 0 Å². The Morgan fingerprint density at radius 3 is 2.78 bits per heavy atom. The Labute approximate surface area is 111 Å². The van der Waals surface area contributed by atoms with Crippen LogP contribution in [0.5, 0.6) is 0 Å². The van der Waals surface area contributed by atoms with Gasteiger partial charge in [-0.2, -0.15) is 0 Å². The van der Waals surface area contributed by atoms with Gasteiger partial charge in [-0.05, 0) is 56.4 Å². The van der Waals surface area contributed by atoms with Crippen molar-refractivity contribution in [3.8, 4) is 0 Å². The second-order valence-electron chi connectivity index (χ2n) is 7.02. The van der Waals surface area contributed by atoms with Crippen LogP contribution in [-0.2, 0) is 4.79 Å². The zero-order chi connectivity index (χ0) is 12.6. The van der Waals surface area contributed by atoms with Crippen LogP contribution in [0.4, 0.5) is 0 Å². The fourth-order valence-electron chi connectivity index (χ4n) is 4.89. The van der Waals surface area contributed by atoms with Gasteiger partial charge in [0.2, 0.25) is 0 Å². The highest BCUT2D eigenvalue weighted by atomic mass is 16.1. The van der Waals surface area contributed by atoms with Crippen LogP contribution >= 0.6 is 0 Å². The summed E-state index contributed by atoms with van der Waals surface area (Å²) in [5.41, 5.74) is 0.0105. The lowest BCUT2D eigenvalue weighted by Crippen LogP contribution is -2.35. The van der Waals surface area contributed by atoms with Crippen LogP contribution in [0.15, 0.2) is 0 Å². The van der Waals surface area contributed by atoms with E-state index in [1.54, 1.807) is 0 Å². The molecular weight excluding hydrogens is 222 g/mol. The van der Waals surface area contributed by atoms with Gasteiger partial charge in [-0.15, -0.1) is 0 Å². The average Bonchev–Trinajstić information content (AvgIpc) is 3.04. The molecule has 1 saturated heterocycles. The van der Waals surface area contributed by atoms with Gasteiger partial charge in [-0.1, -0.05) is 19.8 Å². The third kappa shape index (κ3) is 2.13. The number of hydrogen-bond acceptors (Lipinski definition) is 2. The Kier molecular flexibility index (Phi) is 3.48. The Hall–Kier alpha value is -0.370. The van der Waals surface area contributed by atoms with E-state index in [0.29, 0.717) is 5.78 Å². The van der Waals surface area contributed by atoms with Crippen molar-refractivity contribution in [2.24, 2.45) is 23.2 Å². The summed E-state index contributed by atoms with van der Waals surface area (Å²) >= 11 is 0. The van der Waals surface area contributed by atoms with Crippen molar-refractivity contribution in [1.82, 2.24) is 5.32 Å². The Balaban J connectivity index is 1.63. The summed E-state index contributed by atoms with van der Waals surface area (Å²) in [7, 11) is 0. The van der Waals surface area contributed by atoms with E-state index in [9.17, 15) is 4.79 Å². The molecule has 2 nitrogen and oxygen atoms in total. The molecule has 3 fully saturated rings. The van der Waals surface area contributed by atoms with Crippen LogP contribution in [-0.4, -0.2) is 18.9 Å². The molecule has 3 aliphatic rings. The molecule has 2 heteroatoms. The van der Waals surface area contributed by atoms with Crippen molar-refractivity contribution in [3.63, 3.8) is 0 Å². The van der Waals surface area contributed by atoms with Gasteiger partial charge in [-0.3, -0.25) is 4.79 Å². The van der Waals surface area contributed by atoms with Crippen LogP contribution < -0.4 is 5.32 Å². The highest BCUT2D eigenvalue weighted by Crippen LogP contribution is 2.50. The normalized spacial score (nSPS) is 42.6. The van der Waals surface area contributed by atoms with E-state index >= 15 is 0 Å². The molecular formula is C16H27NO. The van der Waals surface area contributed by atoms with Crippen molar-refractivity contribution in [1.29, 1.82) is 0 Å². The summed E-state index contributed by atoms with van der Waals surface area (Å²) in [4.78, 5) is 12.7. The standard InChI is InChI=1S/C16H27NO/c1-2-5-16(6-7-17-11-16)15(18)10-14-9-12-3-4-13(14)8-12/h12-14,17H,2-11H2,1H3. The molecule has 1 heterocycles. The van der Waals surface area contributed by atoms with Crippen LogP contribution in [0.2, 0.25) is 0 Å². The minimum absolute atomic E-state index is 0.0105. The van der Waals surface area contributed by atoms with Crippen molar-refractivity contribution >= 4 is 5.78 Å². The first-order chi connectivity index (χ1) is 8.73. The lowest BCUT2D eigenvalue weighted by molar-refractivity contribution is -0.129. The maximum absolute atomic E-state index is 12.7. The van der Waals surface area contributed by atoms with Gasteiger partial charge in [-0.25, -0.2) is 0 Å². The van der Waals surface area contributed by atoms with E-state index in [0.717, 1.165) is 56.5 Å². The topological polar surface area (TPSA) is 29.1 Å². The second kappa shape index (κ2) is 4.96. The fraction of sp³-hybridized carbons (Fsp3) is 0.938. The lowest BCUT2D eigenvalue weighted by Gasteiger charge is -2.29. The summed E-state index contributed by atoms with van der Waals surface area (Å²) in [5, 5.41) is 3.42. The summed E-state index contributed by atoms with van der Waals surface area (Å²) < 4.78 is 0. The summed E-state index contributed by atoms with van der Waals surface area (Å²) in [6.07, 6.45) is 9.84. The number of carbonyl (C=O) groups excluding carboxylic acids is 1. The van der Waals surface area contributed by atoms with E-state index in [1.807, 2.05) is 0 Å². The molecule has 1 aliphatic heterocycles. The molecule has 4 atom stereocenters. The van der Waals surface area contributed by atoms with Crippen molar-refractivity contribution in [2.45, 2.75) is 58.3 Å². The Morgan fingerprint density at radius 1 is 1.33 bits per heavy atom. The van der Waals surface area contributed by atoms with E-state index < -0.39 is 0 Å². The van der Waals surface area contributed by atoms with E-state index in [2.05, 4.69) is 12.2 Å². The Bertz CT molecular complexity index is 319. The molecule has 4 unspecified atom stereocenters. The highest BCUT2D eigenvalue weighted by molar-refractivity contribution is 5.85. The van der Waals surface area contributed by atoms with E-state index in [1.165, 1.54) is 25.7 Å². The SMILES string of the molecule is CCCC1(C(=O)CC2CC3CCC2C3)CCNC1. The highest BCUT2D eigenvalue weighted by Gasteiger charge is 2.45. The van der Waals surface area contributed by atoms with Gasteiger partial charge in [0.15, 0.2) is 0 Å². The van der Waals surface area contributed by atoms with Gasteiger partial charge in [0.05, 0.1) is 0 Å². The molecule has 3 rings (SSSR count). The van der Waals surface area contributed by atoms with Crippen LogP contribution in [0, 0.1) is 23.2 Å². The van der Waals surface area contributed by atoms with Gasteiger partial charge < -0.3 is 5.32 Å². The fourth-order valence-corrected chi connectivity index (χ4v) is 4.89. The van der Waals surface area contributed by atoms with Crippen LogP contribution in [0.1, 0.15) is 58.3 Å². The number of fused-ring (bicyclic) bond motifs is 2. The number of hydrogen-bond donors (Lipinski definition) is 1. The minimum atomic E-state index is 0.0105. The van der Waals surface area contributed by atoms with Gasteiger partial charge >= 0.3 is 0 Å². The summed E-state index contributed by atoms with van der Waals surface area (Å²) in [6, 6.07) is 0. The molecule has 1 N–H and O–H groups in total. The molecule has 18 heavy (non-hydrogen) atoms. The molecule has 0 aromatic heterocycles. The minimum Gasteiger partial charge on any atom is -0.316 e. The van der Waals surface area contributed by atoms with Crippen molar-refractivity contribution < 1.29 is 4.79 Å². The van der Waals surface area contributed by atoms with E-state index in [4.69, 9.17) is 0 Å². The number of ketones is 1. The Morgan fingerprint density at radius 2 is 2.22 bits per heavy atom. The molecule has 0 amide bonds. The van der Waals surface area contributed by atoms with Crippen molar-refractivity contribution in [2.75, 3.05) is 13.1 Å². The molecule has 2 saturated carbocycles. The number of nitrogens with one attached hydrogen (secondary N) is 1. The average molecular weight is 249 g/mol. The number of rotatable bonds is 5.